The molecular weight excluding hydrogens is 425 g/mol. The minimum absolute atomic E-state index is 0.240. The highest BCUT2D eigenvalue weighted by Gasteiger charge is 2.33. The molecule has 0 fully saturated rings. The second kappa shape index (κ2) is 10.5. The van der Waals surface area contributed by atoms with Crippen LogP contribution in [0.1, 0.15) is 18.4 Å². The number of nitrogens with one attached hydrogen (secondary N) is 1. The van der Waals surface area contributed by atoms with Gasteiger partial charge in [-0.15, -0.1) is 11.8 Å². The Morgan fingerprint density at radius 2 is 1.76 bits per heavy atom. The lowest BCUT2D eigenvalue weighted by atomic mass is 10.1. The first-order valence-corrected chi connectivity index (χ1v) is 10.1. The van der Waals surface area contributed by atoms with Crippen LogP contribution in [0.3, 0.4) is 0 Å². The number of likely N-dealkylation sites (N-methyl/N-ethyl adjacent to an activating group) is 1. The number of thioether (sulfide) groups is 1. The van der Waals surface area contributed by atoms with Gasteiger partial charge in [0.2, 0.25) is 11.8 Å². The third-order valence-electron chi connectivity index (χ3n) is 3.93. The maximum atomic E-state index is 13.0. The van der Waals surface area contributed by atoms with Gasteiger partial charge in [-0.1, -0.05) is 23.7 Å². The van der Waals surface area contributed by atoms with Crippen LogP contribution in [-0.4, -0.2) is 36.1 Å². The summed E-state index contributed by atoms with van der Waals surface area (Å²) in [7, 11) is 1.45. The van der Waals surface area contributed by atoms with E-state index in [-0.39, 0.29) is 24.6 Å². The number of hydrogen-bond acceptors (Lipinski definition) is 3. The highest BCUT2D eigenvalue weighted by molar-refractivity contribution is 7.99. The van der Waals surface area contributed by atoms with Crippen molar-refractivity contribution >= 4 is 40.9 Å². The molecule has 0 atom stereocenters. The van der Waals surface area contributed by atoms with Gasteiger partial charge in [0, 0.05) is 23.4 Å². The van der Waals surface area contributed by atoms with Crippen LogP contribution in [0.25, 0.3) is 0 Å². The van der Waals surface area contributed by atoms with E-state index in [9.17, 15) is 22.8 Å². The molecule has 0 aliphatic rings. The molecule has 9 heteroatoms. The van der Waals surface area contributed by atoms with Gasteiger partial charge in [-0.3, -0.25) is 9.59 Å². The average Bonchev–Trinajstić information content (AvgIpc) is 2.66. The van der Waals surface area contributed by atoms with Crippen LogP contribution in [0.5, 0.6) is 0 Å². The zero-order valence-electron chi connectivity index (χ0n) is 15.6. The average molecular weight is 445 g/mol. The van der Waals surface area contributed by atoms with E-state index in [1.54, 1.807) is 23.9 Å². The van der Waals surface area contributed by atoms with Crippen molar-refractivity contribution in [2.24, 2.45) is 0 Å². The number of nitrogens with zero attached hydrogens (tertiary/aromatic N) is 1. The van der Waals surface area contributed by atoms with Crippen molar-refractivity contribution in [2.75, 3.05) is 24.7 Å². The van der Waals surface area contributed by atoms with Gasteiger partial charge in [-0.2, -0.15) is 13.2 Å². The highest BCUT2D eigenvalue weighted by atomic mass is 35.5. The summed E-state index contributed by atoms with van der Waals surface area (Å²) in [5, 5.41) is 2.88. The van der Waals surface area contributed by atoms with E-state index in [2.05, 4.69) is 5.32 Å². The van der Waals surface area contributed by atoms with Crippen molar-refractivity contribution in [3.05, 3.63) is 59.1 Å². The second-order valence-electron chi connectivity index (χ2n) is 6.25. The van der Waals surface area contributed by atoms with Crippen molar-refractivity contribution in [1.29, 1.82) is 0 Å². The molecule has 29 heavy (non-hydrogen) atoms. The van der Waals surface area contributed by atoms with Crippen LogP contribution < -0.4 is 5.32 Å². The van der Waals surface area contributed by atoms with Crippen molar-refractivity contribution in [2.45, 2.75) is 23.9 Å². The Bertz CT molecular complexity index is 844. The summed E-state index contributed by atoms with van der Waals surface area (Å²) in [6, 6.07) is 12.1. The second-order valence-corrected chi connectivity index (χ2v) is 7.85. The molecule has 0 aromatic heterocycles. The number of anilines is 1. The van der Waals surface area contributed by atoms with E-state index in [0.717, 1.165) is 11.0 Å². The van der Waals surface area contributed by atoms with Crippen LogP contribution in [0.4, 0.5) is 18.9 Å². The molecule has 2 amide bonds. The van der Waals surface area contributed by atoms with Crippen molar-refractivity contribution in [3.8, 4) is 0 Å². The molecule has 0 saturated heterocycles. The lowest BCUT2D eigenvalue weighted by Crippen LogP contribution is -2.35. The fourth-order valence-electron chi connectivity index (χ4n) is 2.47. The monoisotopic (exact) mass is 444 g/mol. The predicted molar refractivity (Wildman–Crippen MR) is 109 cm³/mol. The highest BCUT2D eigenvalue weighted by Crippen LogP contribution is 2.34. The SMILES string of the molecule is CN(CC(=O)Nc1ccccc1C(F)(F)F)C(=O)CCCSc1ccc(Cl)cc1. The molecule has 156 valence electrons. The Morgan fingerprint density at radius 1 is 1.10 bits per heavy atom. The fraction of sp³-hybridized carbons (Fsp3) is 0.300. The normalized spacial score (nSPS) is 11.2. The molecule has 2 aromatic rings. The van der Waals surface area contributed by atoms with Crippen molar-refractivity contribution < 1.29 is 22.8 Å². The van der Waals surface area contributed by atoms with Crippen molar-refractivity contribution in [1.82, 2.24) is 4.90 Å². The summed E-state index contributed by atoms with van der Waals surface area (Å²) >= 11 is 7.41. The fourth-order valence-corrected chi connectivity index (χ4v) is 3.45. The predicted octanol–water partition coefficient (Wildman–Crippen LogP) is 5.33. The van der Waals surface area contributed by atoms with E-state index in [4.69, 9.17) is 11.6 Å². The molecule has 0 heterocycles. The summed E-state index contributed by atoms with van der Waals surface area (Å²) in [6.45, 7) is -0.324. The number of carbonyl (C=O) groups is 2. The van der Waals surface area contributed by atoms with Gasteiger partial charge in [0.15, 0.2) is 0 Å². The van der Waals surface area contributed by atoms with E-state index in [1.807, 2.05) is 12.1 Å². The maximum Gasteiger partial charge on any atom is 0.418 e. The first-order chi connectivity index (χ1) is 13.7. The first-order valence-electron chi connectivity index (χ1n) is 8.75. The summed E-state index contributed by atoms with van der Waals surface area (Å²) in [4.78, 5) is 26.5. The summed E-state index contributed by atoms with van der Waals surface area (Å²) in [5.74, 6) is -0.221. The molecule has 0 aliphatic heterocycles. The number of rotatable bonds is 8. The Labute approximate surface area is 176 Å². The largest absolute Gasteiger partial charge is 0.418 e. The Kier molecular flexibility index (Phi) is 8.40. The third kappa shape index (κ3) is 7.62. The number of benzene rings is 2. The van der Waals surface area contributed by atoms with Gasteiger partial charge in [-0.05, 0) is 48.6 Å². The number of carbonyl (C=O) groups excluding carboxylic acids is 2. The Morgan fingerprint density at radius 3 is 2.41 bits per heavy atom. The molecular formula is C20H20ClF3N2O2S. The first kappa shape index (κ1) is 23.1. The van der Waals surface area contributed by atoms with Crippen LogP contribution in [0, 0.1) is 0 Å². The molecule has 0 saturated carbocycles. The van der Waals surface area contributed by atoms with Gasteiger partial charge in [0.25, 0.3) is 0 Å². The summed E-state index contributed by atoms with van der Waals surface area (Å²) in [6.07, 6.45) is -3.73. The molecule has 2 aromatic carbocycles. The molecule has 0 aliphatic carbocycles. The molecule has 0 unspecified atom stereocenters. The van der Waals surface area contributed by atoms with Gasteiger partial charge >= 0.3 is 6.18 Å². The summed E-state index contributed by atoms with van der Waals surface area (Å²) in [5.41, 5.74) is -1.26. The van der Waals surface area contributed by atoms with Crippen LogP contribution in [-0.2, 0) is 15.8 Å². The molecule has 0 radical (unpaired) electrons. The van der Waals surface area contributed by atoms with Crippen LogP contribution >= 0.6 is 23.4 Å². The molecule has 0 bridgehead atoms. The van der Waals surface area contributed by atoms with E-state index in [1.165, 1.54) is 30.1 Å². The Hall–Kier alpha value is -2.19. The lowest BCUT2D eigenvalue weighted by molar-refractivity contribution is -0.137. The summed E-state index contributed by atoms with van der Waals surface area (Å²) < 4.78 is 38.9. The molecule has 1 N–H and O–H groups in total. The van der Waals surface area contributed by atoms with Crippen molar-refractivity contribution in [3.63, 3.8) is 0 Å². The third-order valence-corrected chi connectivity index (χ3v) is 5.28. The van der Waals surface area contributed by atoms with Crippen LogP contribution in [0.2, 0.25) is 5.02 Å². The number of hydrogen-bond donors (Lipinski definition) is 1. The Balaban J connectivity index is 1.77. The number of amides is 2. The zero-order chi connectivity index (χ0) is 21.4. The lowest BCUT2D eigenvalue weighted by Gasteiger charge is -2.18. The molecule has 2 rings (SSSR count). The molecule has 4 nitrogen and oxygen atoms in total. The number of alkyl halides is 3. The standard InChI is InChI=1S/C20H20ClF3N2O2S/c1-26(19(28)7-4-12-29-15-10-8-14(21)9-11-15)13-18(27)25-17-6-3-2-5-16(17)20(22,23)24/h2-3,5-6,8-11H,4,7,12-13H2,1H3,(H,25,27). The van der Waals surface area contributed by atoms with Gasteiger partial charge in [0.1, 0.15) is 0 Å². The van der Waals surface area contributed by atoms with E-state index >= 15 is 0 Å². The van der Waals surface area contributed by atoms with Gasteiger partial charge in [-0.25, -0.2) is 0 Å². The van der Waals surface area contributed by atoms with Gasteiger partial charge in [0.05, 0.1) is 17.8 Å². The minimum Gasteiger partial charge on any atom is -0.336 e. The van der Waals surface area contributed by atoms with E-state index in [0.29, 0.717) is 17.2 Å². The van der Waals surface area contributed by atoms with Crippen LogP contribution in [0.15, 0.2) is 53.4 Å². The van der Waals surface area contributed by atoms with Gasteiger partial charge < -0.3 is 10.2 Å². The number of halogens is 4. The number of para-hydroxylation sites is 1. The van der Waals surface area contributed by atoms with E-state index < -0.39 is 17.6 Å². The topological polar surface area (TPSA) is 49.4 Å². The quantitative estimate of drug-likeness (QED) is 0.442. The zero-order valence-corrected chi connectivity index (χ0v) is 17.2. The maximum absolute atomic E-state index is 13.0. The smallest absolute Gasteiger partial charge is 0.336 e. The minimum atomic E-state index is -4.58. The molecule has 0 spiro atoms.